The number of thioether (sulfide) groups is 1. The van der Waals surface area contributed by atoms with E-state index in [1.165, 1.54) is 11.8 Å². The van der Waals surface area contributed by atoms with Crippen LogP contribution in [0.25, 0.3) is 11.2 Å². The number of carbonyl (C=O) groups excluding carboxylic acids is 2. The van der Waals surface area contributed by atoms with E-state index in [2.05, 4.69) is 20.3 Å². The van der Waals surface area contributed by atoms with Gasteiger partial charge in [0.2, 0.25) is 5.91 Å². The molecule has 1 amide bonds. The van der Waals surface area contributed by atoms with Crippen LogP contribution in [-0.2, 0) is 9.53 Å². The molecule has 0 unspecified atom stereocenters. The Kier molecular flexibility index (Phi) is 6.08. The Hall–Kier alpha value is -2.87. The Morgan fingerprint density at radius 2 is 2.00 bits per heavy atom. The van der Waals surface area contributed by atoms with Gasteiger partial charge in [-0.25, -0.2) is 14.8 Å². The summed E-state index contributed by atoms with van der Waals surface area (Å²) in [4.78, 5) is 36.0. The zero-order chi connectivity index (χ0) is 19.2. The first kappa shape index (κ1) is 18.9. The second-order valence-electron chi connectivity index (χ2n) is 5.72. The number of rotatable bonds is 7. The summed E-state index contributed by atoms with van der Waals surface area (Å²) in [5, 5.41) is 3.22. The van der Waals surface area contributed by atoms with Crippen molar-refractivity contribution >= 4 is 40.5 Å². The lowest BCUT2D eigenvalue weighted by atomic mass is 10.2. The number of pyridine rings is 1. The molecule has 0 spiro atoms. The van der Waals surface area contributed by atoms with Gasteiger partial charge >= 0.3 is 5.97 Å². The van der Waals surface area contributed by atoms with Gasteiger partial charge in [0.25, 0.3) is 0 Å². The van der Waals surface area contributed by atoms with Crippen LogP contribution < -0.4 is 5.32 Å². The van der Waals surface area contributed by atoms with Crippen molar-refractivity contribution in [1.82, 2.24) is 15.0 Å². The molecular formula is C19H20N4O3S. The van der Waals surface area contributed by atoms with Gasteiger partial charge in [-0.1, -0.05) is 18.7 Å². The first-order valence-corrected chi connectivity index (χ1v) is 9.54. The van der Waals surface area contributed by atoms with Gasteiger partial charge < -0.3 is 15.0 Å². The molecule has 3 rings (SSSR count). The number of carbonyl (C=O) groups is 2. The van der Waals surface area contributed by atoms with Gasteiger partial charge in [0.15, 0.2) is 10.8 Å². The van der Waals surface area contributed by atoms with Crippen molar-refractivity contribution in [1.29, 1.82) is 0 Å². The van der Waals surface area contributed by atoms with Crippen molar-refractivity contribution in [3.8, 4) is 0 Å². The normalized spacial score (nSPS) is 11.9. The number of amides is 1. The van der Waals surface area contributed by atoms with E-state index >= 15 is 0 Å². The molecule has 0 aliphatic heterocycles. The number of esters is 1. The summed E-state index contributed by atoms with van der Waals surface area (Å²) in [7, 11) is 0. The van der Waals surface area contributed by atoms with E-state index in [1.54, 1.807) is 37.4 Å². The highest BCUT2D eigenvalue weighted by Gasteiger charge is 2.20. The van der Waals surface area contributed by atoms with E-state index < -0.39 is 0 Å². The number of nitrogens with zero attached hydrogens (tertiary/aromatic N) is 2. The minimum atomic E-state index is -0.379. The number of aromatic nitrogens is 3. The summed E-state index contributed by atoms with van der Waals surface area (Å²) in [6.07, 6.45) is 2.32. The zero-order valence-corrected chi connectivity index (χ0v) is 15.9. The number of imidazole rings is 1. The third-order valence-corrected chi connectivity index (χ3v) is 5.06. The standard InChI is InChI=1S/C19H20N4O3S/c1-3-15(27-19-22-14-6-5-11-20-16(14)23-19)17(24)21-13-9-7-12(8-10-13)18(25)26-4-2/h5-11,15H,3-4H2,1-2H3,(H,21,24)(H,20,22,23)/t15-/m1/s1. The second-order valence-corrected chi connectivity index (χ2v) is 6.91. The van der Waals surface area contributed by atoms with Gasteiger partial charge in [0.05, 0.1) is 22.9 Å². The Bertz CT molecular complexity index is 907. The number of hydrogen-bond donors (Lipinski definition) is 2. The predicted molar refractivity (Wildman–Crippen MR) is 105 cm³/mol. The molecule has 3 aromatic rings. The highest BCUT2D eigenvalue weighted by Crippen LogP contribution is 2.26. The van der Waals surface area contributed by atoms with Crippen molar-refractivity contribution in [2.24, 2.45) is 0 Å². The van der Waals surface area contributed by atoms with Crippen LogP contribution in [0, 0.1) is 0 Å². The molecule has 0 saturated heterocycles. The minimum absolute atomic E-state index is 0.125. The molecule has 8 heteroatoms. The van der Waals surface area contributed by atoms with Crippen LogP contribution in [0.15, 0.2) is 47.8 Å². The van der Waals surface area contributed by atoms with Crippen molar-refractivity contribution in [2.75, 3.05) is 11.9 Å². The van der Waals surface area contributed by atoms with Crippen LogP contribution in [0.1, 0.15) is 30.6 Å². The van der Waals surface area contributed by atoms with Gasteiger partial charge in [-0.05, 0) is 49.7 Å². The fourth-order valence-corrected chi connectivity index (χ4v) is 3.37. The maximum absolute atomic E-state index is 12.6. The molecular weight excluding hydrogens is 364 g/mol. The SMILES string of the molecule is CCOC(=O)c1ccc(NC(=O)[C@@H](CC)Sc2nc3ncccc3[nH]2)cc1. The van der Waals surface area contributed by atoms with Crippen LogP contribution in [0.3, 0.4) is 0 Å². The molecule has 2 aromatic heterocycles. The first-order chi connectivity index (χ1) is 13.1. The molecule has 2 heterocycles. The molecule has 7 nitrogen and oxygen atoms in total. The first-order valence-electron chi connectivity index (χ1n) is 8.66. The molecule has 0 saturated carbocycles. The van der Waals surface area contributed by atoms with E-state index in [-0.39, 0.29) is 17.1 Å². The van der Waals surface area contributed by atoms with Gasteiger partial charge in [-0.3, -0.25) is 4.79 Å². The van der Waals surface area contributed by atoms with Crippen molar-refractivity contribution < 1.29 is 14.3 Å². The third kappa shape index (κ3) is 4.65. The minimum Gasteiger partial charge on any atom is -0.462 e. The van der Waals surface area contributed by atoms with Crippen LogP contribution in [0.2, 0.25) is 0 Å². The summed E-state index contributed by atoms with van der Waals surface area (Å²) < 4.78 is 4.95. The molecule has 0 bridgehead atoms. The van der Waals surface area contributed by atoms with Crippen molar-refractivity contribution in [2.45, 2.75) is 30.7 Å². The van der Waals surface area contributed by atoms with Crippen molar-refractivity contribution in [3.05, 3.63) is 48.2 Å². The number of benzene rings is 1. The maximum Gasteiger partial charge on any atom is 0.338 e. The van der Waals surface area contributed by atoms with E-state index in [0.29, 0.717) is 35.1 Å². The summed E-state index contributed by atoms with van der Waals surface area (Å²) in [6, 6.07) is 10.4. The summed E-state index contributed by atoms with van der Waals surface area (Å²) in [5.74, 6) is -0.504. The van der Waals surface area contributed by atoms with E-state index in [4.69, 9.17) is 4.74 Å². The molecule has 140 valence electrons. The van der Waals surface area contributed by atoms with Gasteiger partial charge in [-0.15, -0.1) is 0 Å². The highest BCUT2D eigenvalue weighted by atomic mass is 32.2. The van der Waals surface area contributed by atoms with Crippen LogP contribution in [0.4, 0.5) is 5.69 Å². The lowest BCUT2D eigenvalue weighted by Crippen LogP contribution is -2.24. The summed E-state index contributed by atoms with van der Waals surface area (Å²) in [5.41, 5.74) is 2.54. The Morgan fingerprint density at radius 1 is 1.22 bits per heavy atom. The Labute approximate surface area is 160 Å². The fourth-order valence-electron chi connectivity index (χ4n) is 2.46. The second kappa shape index (κ2) is 8.68. The molecule has 2 N–H and O–H groups in total. The molecule has 0 fully saturated rings. The van der Waals surface area contributed by atoms with E-state index in [0.717, 1.165) is 5.52 Å². The third-order valence-electron chi connectivity index (χ3n) is 3.82. The smallest absolute Gasteiger partial charge is 0.338 e. The summed E-state index contributed by atoms with van der Waals surface area (Å²) >= 11 is 1.36. The quantitative estimate of drug-likeness (QED) is 0.477. The molecule has 27 heavy (non-hydrogen) atoms. The lowest BCUT2D eigenvalue weighted by molar-refractivity contribution is -0.115. The van der Waals surface area contributed by atoms with E-state index in [1.807, 2.05) is 19.1 Å². The highest BCUT2D eigenvalue weighted by molar-refractivity contribution is 8.00. The van der Waals surface area contributed by atoms with Gasteiger partial charge in [-0.2, -0.15) is 0 Å². The summed E-state index contributed by atoms with van der Waals surface area (Å²) in [6.45, 7) is 4.03. The van der Waals surface area contributed by atoms with Gasteiger partial charge in [0.1, 0.15) is 0 Å². The van der Waals surface area contributed by atoms with Crippen molar-refractivity contribution in [3.63, 3.8) is 0 Å². The molecule has 1 aromatic carbocycles. The number of aromatic amines is 1. The van der Waals surface area contributed by atoms with Crippen LogP contribution >= 0.6 is 11.8 Å². The Morgan fingerprint density at radius 3 is 2.67 bits per heavy atom. The number of ether oxygens (including phenoxy) is 1. The van der Waals surface area contributed by atoms with Gasteiger partial charge in [0, 0.05) is 11.9 Å². The number of hydrogen-bond acceptors (Lipinski definition) is 6. The largest absolute Gasteiger partial charge is 0.462 e. The number of anilines is 1. The zero-order valence-electron chi connectivity index (χ0n) is 15.1. The Balaban J connectivity index is 1.65. The number of nitrogens with one attached hydrogen (secondary N) is 2. The fraction of sp³-hybridized carbons (Fsp3) is 0.263. The lowest BCUT2D eigenvalue weighted by Gasteiger charge is -2.13. The van der Waals surface area contributed by atoms with Crippen LogP contribution in [0.5, 0.6) is 0 Å². The predicted octanol–water partition coefficient (Wildman–Crippen LogP) is 3.64. The van der Waals surface area contributed by atoms with Crippen LogP contribution in [-0.4, -0.2) is 38.7 Å². The maximum atomic E-state index is 12.6. The molecule has 0 aliphatic rings. The molecule has 0 radical (unpaired) electrons. The molecule has 1 atom stereocenters. The number of fused-ring (bicyclic) bond motifs is 1. The van der Waals surface area contributed by atoms with E-state index in [9.17, 15) is 9.59 Å². The monoisotopic (exact) mass is 384 g/mol. The average Bonchev–Trinajstić information content (AvgIpc) is 3.09. The molecule has 0 aliphatic carbocycles. The number of H-pyrrole nitrogens is 1. The average molecular weight is 384 g/mol. The topological polar surface area (TPSA) is 97.0 Å².